The normalized spacial score (nSPS) is 12.7. The molecule has 0 bridgehead atoms. The summed E-state index contributed by atoms with van der Waals surface area (Å²) in [4.78, 5) is 2.32. The summed E-state index contributed by atoms with van der Waals surface area (Å²) in [5.74, 6) is 3.86. The molecule has 1 heterocycles. The predicted octanol–water partition coefficient (Wildman–Crippen LogP) is 12.6. The fourth-order valence-electron chi connectivity index (χ4n) is 9.99. The lowest BCUT2D eigenvalue weighted by molar-refractivity contribution is 0.663. The highest BCUT2D eigenvalue weighted by atomic mass is 28.3. The maximum absolute atomic E-state index is 4.10. The van der Waals surface area contributed by atoms with Crippen molar-refractivity contribution in [1.29, 1.82) is 0 Å². The number of fused-ring (bicyclic) bond motifs is 7. The van der Waals surface area contributed by atoms with E-state index in [-0.39, 0.29) is 5.41 Å². The maximum atomic E-state index is 4.10. The first-order valence-corrected chi connectivity index (χ1v) is 23.4. The first-order valence-electron chi connectivity index (χ1n) is 21.4. The third-order valence-electron chi connectivity index (χ3n) is 12.9. The SMILES string of the molecule is CC1(C)c2cc(C#C[Si](c3ccccc3)(c3ccccc3)c3ccc(N(c4ccccc4)c4ccccc4)cc3)ccc2-c2ccc3c4ccccc4n(-c4ccccc4)c3c21. The minimum absolute atomic E-state index is 0.268. The molecule has 11 rings (SSSR count). The summed E-state index contributed by atoms with van der Waals surface area (Å²) < 4.78 is 2.47. The van der Waals surface area contributed by atoms with Crippen LogP contribution in [0, 0.1) is 11.5 Å². The van der Waals surface area contributed by atoms with Crippen LogP contribution in [0.3, 0.4) is 0 Å². The summed E-state index contributed by atoms with van der Waals surface area (Å²) >= 11 is 0. The Labute approximate surface area is 365 Å². The van der Waals surface area contributed by atoms with E-state index >= 15 is 0 Å². The van der Waals surface area contributed by atoms with Crippen LogP contribution in [0.2, 0.25) is 0 Å². The zero-order chi connectivity index (χ0) is 41.7. The Balaban J connectivity index is 1.07. The van der Waals surface area contributed by atoms with Gasteiger partial charge in [-0.25, -0.2) is 0 Å². The minimum Gasteiger partial charge on any atom is -0.311 e. The van der Waals surface area contributed by atoms with Crippen molar-refractivity contribution in [2.45, 2.75) is 19.3 Å². The molecule has 0 atom stereocenters. The van der Waals surface area contributed by atoms with Gasteiger partial charge in [-0.2, -0.15) is 0 Å². The van der Waals surface area contributed by atoms with Crippen LogP contribution in [0.15, 0.2) is 231 Å². The van der Waals surface area contributed by atoms with Crippen LogP contribution in [0.5, 0.6) is 0 Å². The van der Waals surface area contributed by atoms with E-state index in [1.54, 1.807) is 0 Å². The topological polar surface area (TPSA) is 8.17 Å². The fourth-order valence-corrected chi connectivity index (χ4v) is 13.8. The molecule has 0 spiro atoms. The summed E-state index contributed by atoms with van der Waals surface area (Å²) in [5, 5.41) is 6.33. The smallest absolute Gasteiger partial charge is 0.230 e. The van der Waals surface area contributed by atoms with Gasteiger partial charge in [0.15, 0.2) is 0 Å². The average molecular weight is 809 g/mol. The van der Waals surface area contributed by atoms with Crippen molar-refractivity contribution in [3.05, 3.63) is 247 Å². The molecule has 9 aromatic carbocycles. The molecule has 294 valence electrons. The van der Waals surface area contributed by atoms with Crippen molar-refractivity contribution < 1.29 is 0 Å². The van der Waals surface area contributed by atoms with E-state index in [4.69, 9.17) is 0 Å². The molecule has 1 aliphatic carbocycles. The van der Waals surface area contributed by atoms with Gasteiger partial charge in [0.25, 0.3) is 0 Å². The average Bonchev–Trinajstić information content (AvgIpc) is 3.79. The second-order valence-electron chi connectivity index (χ2n) is 16.7. The molecule has 3 heteroatoms. The van der Waals surface area contributed by atoms with Gasteiger partial charge in [-0.05, 0) is 105 Å². The lowest BCUT2D eigenvalue weighted by Gasteiger charge is -2.30. The zero-order valence-corrected chi connectivity index (χ0v) is 35.8. The van der Waals surface area contributed by atoms with E-state index in [1.807, 2.05) is 0 Å². The molecule has 0 saturated carbocycles. The maximum Gasteiger partial charge on any atom is 0.230 e. The molecule has 0 amide bonds. The molecule has 0 unspecified atom stereocenters. The number of hydrogen-bond acceptors (Lipinski definition) is 1. The van der Waals surface area contributed by atoms with Crippen molar-refractivity contribution >= 4 is 62.5 Å². The van der Waals surface area contributed by atoms with Crippen LogP contribution in [0.4, 0.5) is 17.1 Å². The van der Waals surface area contributed by atoms with Crippen LogP contribution < -0.4 is 20.5 Å². The summed E-state index contributed by atoms with van der Waals surface area (Å²) in [6.07, 6.45) is 0. The summed E-state index contributed by atoms with van der Waals surface area (Å²) in [5.41, 5.74) is 17.1. The second kappa shape index (κ2) is 15.1. The van der Waals surface area contributed by atoms with Crippen molar-refractivity contribution in [2.24, 2.45) is 0 Å². The lowest BCUT2D eigenvalue weighted by atomic mass is 9.81. The monoisotopic (exact) mass is 808 g/mol. The molecule has 0 aliphatic heterocycles. The molecule has 1 aromatic heterocycles. The van der Waals surface area contributed by atoms with E-state index in [0.717, 1.165) is 22.6 Å². The molecule has 2 nitrogen and oxygen atoms in total. The Bertz CT molecular complexity index is 3210. The number of rotatable bonds is 7. The van der Waals surface area contributed by atoms with Crippen LogP contribution in [0.25, 0.3) is 38.6 Å². The number of aromatic nitrogens is 1. The van der Waals surface area contributed by atoms with Crippen molar-refractivity contribution in [2.75, 3.05) is 4.90 Å². The van der Waals surface area contributed by atoms with E-state index in [2.05, 4.69) is 265 Å². The summed E-state index contributed by atoms with van der Waals surface area (Å²) in [6, 6.07) is 83.6. The van der Waals surface area contributed by atoms with E-state index < -0.39 is 8.07 Å². The molecule has 0 N–H and O–H groups in total. The Hall–Kier alpha value is -7.64. The molecule has 1 aliphatic rings. The largest absolute Gasteiger partial charge is 0.311 e. The van der Waals surface area contributed by atoms with Gasteiger partial charge in [0.2, 0.25) is 8.07 Å². The summed E-state index contributed by atoms with van der Waals surface area (Å²) in [6.45, 7) is 4.79. The lowest BCUT2D eigenvalue weighted by Crippen LogP contribution is -2.66. The van der Waals surface area contributed by atoms with Crippen LogP contribution >= 0.6 is 0 Å². The van der Waals surface area contributed by atoms with Gasteiger partial charge in [-0.15, -0.1) is 5.54 Å². The number of anilines is 3. The van der Waals surface area contributed by atoms with E-state index in [1.165, 1.54) is 65.3 Å². The van der Waals surface area contributed by atoms with E-state index in [9.17, 15) is 0 Å². The zero-order valence-electron chi connectivity index (χ0n) is 34.8. The minimum atomic E-state index is -2.93. The van der Waals surface area contributed by atoms with Gasteiger partial charge in [-0.1, -0.05) is 184 Å². The molecule has 0 saturated heterocycles. The van der Waals surface area contributed by atoms with Crippen LogP contribution in [0.1, 0.15) is 30.5 Å². The van der Waals surface area contributed by atoms with Gasteiger partial charge in [0.05, 0.1) is 11.0 Å². The molecular weight excluding hydrogens is 765 g/mol. The highest BCUT2D eigenvalue weighted by Crippen LogP contribution is 2.53. The summed E-state index contributed by atoms with van der Waals surface area (Å²) in [7, 11) is -2.93. The van der Waals surface area contributed by atoms with Crippen molar-refractivity contribution in [3.8, 4) is 28.3 Å². The molecule has 10 aromatic rings. The molecule has 0 radical (unpaired) electrons. The predicted molar refractivity (Wildman–Crippen MR) is 264 cm³/mol. The molecule has 62 heavy (non-hydrogen) atoms. The Morgan fingerprint density at radius 2 is 0.952 bits per heavy atom. The van der Waals surface area contributed by atoms with Gasteiger partial charge < -0.3 is 9.47 Å². The van der Waals surface area contributed by atoms with Gasteiger partial charge in [0, 0.05) is 44.5 Å². The fraction of sp³-hybridized carbons (Fsp3) is 0.0508. The third-order valence-corrected chi connectivity index (χ3v) is 17.0. The third kappa shape index (κ3) is 6.03. The van der Waals surface area contributed by atoms with Crippen molar-refractivity contribution in [1.82, 2.24) is 4.57 Å². The standard InChI is InChI=1S/C59H44N2Si/c1-59(2)55-42-43(32-37-51(55)53-38-39-54-52-30-18-19-31-56(52)61(58(54)57(53)59)46-24-12-5-13-25-46)40-41-62(48-26-14-6-15-27-48,49-28-16-7-17-29-49)50-35-33-47(34-36-50)60(44-20-8-3-9-21-44)45-22-10-4-11-23-45/h3-39,42H,1-2H3. The number of para-hydroxylation sites is 4. The van der Waals surface area contributed by atoms with Crippen molar-refractivity contribution in [3.63, 3.8) is 0 Å². The number of hydrogen-bond donors (Lipinski definition) is 0. The Morgan fingerprint density at radius 1 is 0.452 bits per heavy atom. The van der Waals surface area contributed by atoms with Gasteiger partial charge in [0.1, 0.15) is 0 Å². The first-order chi connectivity index (χ1) is 30.5. The quantitative estimate of drug-likeness (QED) is 0.0884. The number of nitrogens with zero attached hydrogens (tertiary/aromatic N) is 2. The molecular formula is C59H44N2Si. The van der Waals surface area contributed by atoms with Crippen LogP contribution in [-0.2, 0) is 5.41 Å². The first kappa shape index (κ1) is 37.4. The Morgan fingerprint density at radius 3 is 1.56 bits per heavy atom. The highest BCUT2D eigenvalue weighted by molar-refractivity contribution is 7.16. The van der Waals surface area contributed by atoms with Crippen LogP contribution in [-0.4, -0.2) is 12.6 Å². The van der Waals surface area contributed by atoms with E-state index in [0.29, 0.717) is 0 Å². The highest BCUT2D eigenvalue weighted by Gasteiger charge is 2.40. The molecule has 0 fully saturated rings. The van der Waals surface area contributed by atoms with Gasteiger partial charge >= 0.3 is 0 Å². The second-order valence-corrected chi connectivity index (χ2v) is 20.2. The number of benzene rings is 9. The van der Waals surface area contributed by atoms with Gasteiger partial charge in [-0.3, -0.25) is 0 Å². The Kier molecular flexibility index (Phi) is 9.11.